The predicted octanol–water partition coefficient (Wildman–Crippen LogP) is 4.11. The van der Waals surface area contributed by atoms with Crippen molar-refractivity contribution in [2.24, 2.45) is 0 Å². The average Bonchev–Trinajstić information content (AvgIpc) is 2.47. The van der Waals surface area contributed by atoms with Crippen molar-refractivity contribution >= 4 is 5.78 Å². The molecule has 0 radical (unpaired) electrons. The SMILES string of the molecule is C=CCN1CCC(c2cccc(C(=O)C(F)(F)F)c2C)CC1. The monoisotopic (exact) mass is 311 g/mol. The summed E-state index contributed by atoms with van der Waals surface area (Å²) in [5.41, 5.74) is 1.11. The van der Waals surface area contributed by atoms with Gasteiger partial charge < -0.3 is 0 Å². The second kappa shape index (κ2) is 6.65. The Morgan fingerprint density at radius 2 is 2.00 bits per heavy atom. The molecule has 0 atom stereocenters. The lowest BCUT2D eigenvalue weighted by molar-refractivity contribution is -0.0885. The average molecular weight is 311 g/mol. The lowest BCUT2D eigenvalue weighted by Crippen LogP contribution is -2.33. The van der Waals surface area contributed by atoms with E-state index in [1.165, 1.54) is 6.07 Å². The molecule has 0 bridgehead atoms. The van der Waals surface area contributed by atoms with Gasteiger partial charge in [0.1, 0.15) is 0 Å². The quantitative estimate of drug-likeness (QED) is 0.616. The third kappa shape index (κ3) is 3.58. The minimum Gasteiger partial charge on any atom is -0.300 e. The van der Waals surface area contributed by atoms with E-state index in [4.69, 9.17) is 0 Å². The number of piperidine rings is 1. The number of carbonyl (C=O) groups is 1. The third-order valence-corrected chi connectivity index (χ3v) is 4.29. The van der Waals surface area contributed by atoms with Crippen molar-refractivity contribution in [1.82, 2.24) is 4.90 Å². The van der Waals surface area contributed by atoms with Crippen LogP contribution in [0.3, 0.4) is 0 Å². The van der Waals surface area contributed by atoms with Gasteiger partial charge in [0.05, 0.1) is 0 Å². The van der Waals surface area contributed by atoms with E-state index in [0.29, 0.717) is 5.56 Å². The Labute approximate surface area is 128 Å². The van der Waals surface area contributed by atoms with Gasteiger partial charge >= 0.3 is 6.18 Å². The topological polar surface area (TPSA) is 20.3 Å². The number of halogens is 3. The van der Waals surface area contributed by atoms with Crippen LogP contribution in [0.2, 0.25) is 0 Å². The molecule has 1 aliphatic heterocycles. The van der Waals surface area contributed by atoms with Crippen LogP contribution in [0.25, 0.3) is 0 Å². The highest BCUT2D eigenvalue weighted by atomic mass is 19.4. The predicted molar refractivity (Wildman–Crippen MR) is 80.2 cm³/mol. The zero-order valence-electron chi connectivity index (χ0n) is 12.6. The molecule has 1 aromatic carbocycles. The summed E-state index contributed by atoms with van der Waals surface area (Å²) in [6, 6.07) is 4.66. The Bertz CT molecular complexity index is 558. The van der Waals surface area contributed by atoms with E-state index in [9.17, 15) is 18.0 Å². The first-order chi connectivity index (χ1) is 10.3. The fraction of sp³-hybridized carbons (Fsp3) is 0.471. The maximum absolute atomic E-state index is 12.7. The van der Waals surface area contributed by atoms with Crippen LogP contribution in [0.1, 0.15) is 40.2 Å². The molecule has 1 heterocycles. The van der Waals surface area contributed by atoms with Crippen molar-refractivity contribution in [2.45, 2.75) is 31.9 Å². The third-order valence-electron chi connectivity index (χ3n) is 4.29. The molecule has 0 saturated carbocycles. The van der Waals surface area contributed by atoms with Crippen molar-refractivity contribution in [3.8, 4) is 0 Å². The van der Waals surface area contributed by atoms with E-state index in [1.807, 2.05) is 12.1 Å². The molecule has 22 heavy (non-hydrogen) atoms. The van der Waals surface area contributed by atoms with Crippen LogP contribution in [-0.2, 0) is 0 Å². The number of alkyl halides is 3. The first-order valence-electron chi connectivity index (χ1n) is 7.39. The summed E-state index contributed by atoms with van der Waals surface area (Å²) in [5, 5.41) is 0. The van der Waals surface area contributed by atoms with Gasteiger partial charge in [0.2, 0.25) is 0 Å². The Kier molecular flexibility index (Phi) is 5.06. The van der Waals surface area contributed by atoms with Crippen LogP contribution in [0.5, 0.6) is 0 Å². The van der Waals surface area contributed by atoms with Crippen LogP contribution in [0.15, 0.2) is 30.9 Å². The number of hydrogen-bond acceptors (Lipinski definition) is 2. The smallest absolute Gasteiger partial charge is 0.300 e. The molecule has 1 aromatic rings. The van der Waals surface area contributed by atoms with Gasteiger partial charge in [0, 0.05) is 12.1 Å². The number of likely N-dealkylation sites (tertiary alicyclic amines) is 1. The molecular formula is C17H20F3NO. The van der Waals surface area contributed by atoms with E-state index >= 15 is 0 Å². The first-order valence-corrected chi connectivity index (χ1v) is 7.39. The number of rotatable bonds is 4. The molecule has 120 valence electrons. The highest BCUT2D eigenvalue weighted by Crippen LogP contribution is 2.33. The summed E-state index contributed by atoms with van der Waals surface area (Å²) >= 11 is 0. The molecule has 0 aromatic heterocycles. The van der Waals surface area contributed by atoms with E-state index in [1.54, 1.807) is 13.0 Å². The van der Waals surface area contributed by atoms with Crippen molar-refractivity contribution < 1.29 is 18.0 Å². The van der Waals surface area contributed by atoms with E-state index in [2.05, 4.69) is 11.5 Å². The second-order valence-electron chi connectivity index (χ2n) is 5.71. The first kappa shape index (κ1) is 16.7. The summed E-state index contributed by atoms with van der Waals surface area (Å²) in [6.45, 7) is 7.95. The van der Waals surface area contributed by atoms with Gasteiger partial charge in [-0.1, -0.05) is 24.3 Å². The van der Waals surface area contributed by atoms with Gasteiger partial charge in [-0.3, -0.25) is 9.69 Å². The number of carbonyl (C=O) groups excluding carboxylic acids is 1. The van der Waals surface area contributed by atoms with Gasteiger partial charge in [0.25, 0.3) is 5.78 Å². The standard InChI is InChI=1S/C17H20F3NO/c1-3-9-21-10-7-13(8-11-21)14-5-4-6-15(12(14)2)16(22)17(18,19)20/h3-6,13H,1,7-11H2,2H3. The van der Waals surface area contributed by atoms with E-state index in [0.717, 1.165) is 38.0 Å². The van der Waals surface area contributed by atoms with Crippen LogP contribution in [0, 0.1) is 6.92 Å². The number of nitrogens with zero attached hydrogens (tertiary/aromatic N) is 1. The van der Waals surface area contributed by atoms with Crippen LogP contribution in [-0.4, -0.2) is 36.5 Å². The normalized spacial score (nSPS) is 17.5. The zero-order chi connectivity index (χ0) is 16.3. The number of ketones is 1. The Morgan fingerprint density at radius 3 is 2.55 bits per heavy atom. The van der Waals surface area contributed by atoms with Gasteiger partial charge in [-0.15, -0.1) is 6.58 Å². The highest BCUT2D eigenvalue weighted by Gasteiger charge is 2.40. The lowest BCUT2D eigenvalue weighted by Gasteiger charge is -2.32. The summed E-state index contributed by atoms with van der Waals surface area (Å²) < 4.78 is 38.0. The molecule has 0 aliphatic carbocycles. The molecule has 1 fully saturated rings. The number of hydrogen-bond donors (Lipinski definition) is 0. The van der Waals surface area contributed by atoms with Crippen molar-refractivity contribution in [1.29, 1.82) is 0 Å². The minimum absolute atomic E-state index is 0.210. The van der Waals surface area contributed by atoms with Crippen LogP contribution < -0.4 is 0 Å². The molecular weight excluding hydrogens is 291 g/mol. The van der Waals surface area contributed by atoms with Crippen molar-refractivity contribution in [2.75, 3.05) is 19.6 Å². The Balaban J connectivity index is 2.20. The molecule has 5 heteroatoms. The molecule has 0 unspecified atom stereocenters. The number of Topliss-reactive ketones (excluding diaryl/α,β-unsaturated/α-hetero) is 1. The maximum atomic E-state index is 12.7. The van der Waals surface area contributed by atoms with Gasteiger partial charge in [-0.05, 0) is 49.9 Å². The largest absolute Gasteiger partial charge is 0.454 e. The van der Waals surface area contributed by atoms with Crippen molar-refractivity contribution in [3.63, 3.8) is 0 Å². The molecule has 1 aliphatic rings. The zero-order valence-corrected chi connectivity index (χ0v) is 12.6. The van der Waals surface area contributed by atoms with Crippen LogP contribution >= 0.6 is 0 Å². The summed E-state index contributed by atoms with van der Waals surface area (Å²) in [4.78, 5) is 13.8. The molecule has 0 spiro atoms. The van der Waals surface area contributed by atoms with Crippen molar-refractivity contribution in [3.05, 3.63) is 47.5 Å². The fourth-order valence-electron chi connectivity index (χ4n) is 3.10. The summed E-state index contributed by atoms with van der Waals surface area (Å²) in [7, 11) is 0. The lowest BCUT2D eigenvalue weighted by atomic mass is 9.84. The molecule has 1 saturated heterocycles. The second-order valence-corrected chi connectivity index (χ2v) is 5.71. The Morgan fingerprint density at radius 1 is 1.36 bits per heavy atom. The summed E-state index contributed by atoms with van der Waals surface area (Å²) in [6.07, 6.45) is -1.19. The van der Waals surface area contributed by atoms with Gasteiger partial charge in [0.15, 0.2) is 0 Å². The fourth-order valence-corrected chi connectivity index (χ4v) is 3.10. The van der Waals surface area contributed by atoms with Gasteiger partial charge in [-0.25, -0.2) is 0 Å². The molecule has 2 rings (SSSR count). The maximum Gasteiger partial charge on any atom is 0.454 e. The molecule has 0 N–H and O–H groups in total. The molecule has 2 nitrogen and oxygen atoms in total. The van der Waals surface area contributed by atoms with Crippen LogP contribution in [0.4, 0.5) is 13.2 Å². The highest BCUT2D eigenvalue weighted by molar-refractivity contribution is 6.01. The molecule has 0 amide bonds. The van der Waals surface area contributed by atoms with Gasteiger partial charge in [-0.2, -0.15) is 13.2 Å². The van der Waals surface area contributed by atoms with E-state index in [-0.39, 0.29) is 11.5 Å². The number of benzene rings is 1. The van der Waals surface area contributed by atoms with E-state index < -0.39 is 12.0 Å². The summed E-state index contributed by atoms with van der Waals surface area (Å²) in [5.74, 6) is -1.54. The Hall–Kier alpha value is -1.62. The minimum atomic E-state index is -4.82.